The van der Waals surface area contributed by atoms with Gasteiger partial charge in [-0.1, -0.05) is 29.8 Å². The molecule has 0 fully saturated rings. The maximum Gasteiger partial charge on any atom is 0.251 e. The molecule has 1 heterocycles. The summed E-state index contributed by atoms with van der Waals surface area (Å²) in [6, 6.07) is 21.2. The van der Waals surface area contributed by atoms with E-state index in [1.54, 1.807) is 26.0 Å². The number of hydrogen-bond acceptors (Lipinski definition) is 4. The zero-order valence-corrected chi connectivity index (χ0v) is 20.8. The number of carbonyl (C=O) groups excluding carboxylic acids is 2. The molecule has 6 nitrogen and oxygen atoms in total. The van der Waals surface area contributed by atoms with Gasteiger partial charge in [-0.15, -0.1) is 0 Å². The van der Waals surface area contributed by atoms with Gasteiger partial charge in [0, 0.05) is 41.5 Å². The third-order valence-electron chi connectivity index (χ3n) is 6.24. The fourth-order valence-corrected chi connectivity index (χ4v) is 4.69. The second kappa shape index (κ2) is 10.5. The monoisotopic (exact) mass is 491 g/mol. The molecule has 0 saturated heterocycles. The van der Waals surface area contributed by atoms with Crippen molar-refractivity contribution in [2.45, 2.75) is 45.4 Å². The fraction of sp³-hybridized carbons (Fsp3) is 0.286. The van der Waals surface area contributed by atoms with E-state index in [2.05, 4.69) is 23.6 Å². The van der Waals surface area contributed by atoms with Crippen LogP contribution in [-0.2, 0) is 4.79 Å². The average molecular weight is 492 g/mol. The second-order valence-electron chi connectivity index (χ2n) is 9.09. The number of fused-ring (bicyclic) bond motifs is 1. The van der Waals surface area contributed by atoms with Crippen LogP contribution in [0.5, 0.6) is 0 Å². The van der Waals surface area contributed by atoms with Crippen LogP contribution >= 0.6 is 11.6 Å². The van der Waals surface area contributed by atoms with Gasteiger partial charge in [-0.2, -0.15) is 0 Å². The molecule has 7 heteroatoms. The number of halogens is 1. The van der Waals surface area contributed by atoms with Gasteiger partial charge in [0.05, 0.1) is 12.1 Å². The Hall–Kier alpha value is -3.35. The first-order valence-electron chi connectivity index (χ1n) is 11.8. The Labute approximate surface area is 210 Å². The van der Waals surface area contributed by atoms with Gasteiger partial charge in [0.1, 0.15) is 0 Å². The molecule has 182 valence electrons. The Morgan fingerprint density at radius 1 is 1.06 bits per heavy atom. The maximum atomic E-state index is 12.5. The van der Waals surface area contributed by atoms with Crippen molar-refractivity contribution in [2.24, 2.45) is 0 Å². The standard InChI is InChI=1S/C28H30ClN3O3/c1-17-14-26(31-24-11-9-23(29)10-12-24)25-15-22(8-13-27(25)32(17)19(3)34)20-4-6-21(7-5-20)28(35)30-16-18(2)33/h4-13,15,17-18,26,31,33H,14,16H2,1-3H3,(H,30,35)/t17-,18-,26+/m0/s1. The van der Waals surface area contributed by atoms with Crippen LogP contribution in [0.25, 0.3) is 11.1 Å². The van der Waals surface area contributed by atoms with Crippen molar-refractivity contribution in [1.29, 1.82) is 0 Å². The molecular formula is C28H30ClN3O3. The minimum absolute atomic E-state index is 0.0160. The summed E-state index contributed by atoms with van der Waals surface area (Å²) < 4.78 is 0. The molecule has 0 saturated carbocycles. The van der Waals surface area contributed by atoms with E-state index in [9.17, 15) is 14.7 Å². The van der Waals surface area contributed by atoms with Crippen molar-refractivity contribution >= 4 is 34.8 Å². The highest BCUT2D eigenvalue weighted by Gasteiger charge is 2.32. The number of nitrogens with one attached hydrogen (secondary N) is 2. The molecule has 3 N–H and O–H groups in total. The SMILES string of the molecule is CC(=O)N1c2ccc(-c3ccc(C(=O)NC[C@H](C)O)cc3)cc2[C@H](Nc2ccc(Cl)cc2)C[C@@H]1C. The van der Waals surface area contributed by atoms with Crippen molar-refractivity contribution in [3.05, 3.63) is 82.9 Å². The predicted molar refractivity (Wildman–Crippen MR) is 141 cm³/mol. The van der Waals surface area contributed by atoms with E-state index in [0.29, 0.717) is 10.6 Å². The predicted octanol–water partition coefficient (Wildman–Crippen LogP) is 5.42. The quantitative estimate of drug-likeness (QED) is 0.430. The molecule has 1 aliphatic heterocycles. The minimum atomic E-state index is -0.597. The van der Waals surface area contributed by atoms with Crippen molar-refractivity contribution < 1.29 is 14.7 Å². The number of nitrogens with zero attached hydrogens (tertiary/aromatic N) is 1. The third-order valence-corrected chi connectivity index (χ3v) is 6.49. The lowest BCUT2D eigenvalue weighted by Gasteiger charge is -2.39. The van der Waals surface area contributed by atoms with Gasteiger partial charge in [-0.05, 0) is 85.5 Å². The molecule has 0 aliphatic carbocycles. The van der Waals surface area contributed by atoms with Gasteiger partial charge in [-0.3, -0.25) is 9.59 Å². The topological polar surface area (TPSA) is 81.7 Å². The highest BCUT2D eigenvalue weighted by Crippen LogP contribution is 2.41. The number of benzene rings is 3. The number of aliphatic hydroxyl groups excluding tert-OH is 1. The second-order valence-corrected chi connectivity index (χ2v) is 9.52. The zero-order chi connectivity index (χ0) is 25.1. The highest BCUT2D eigenvalue weighted by molar-refractivity contribution is 6.30. The van der Waals surface area contributed by atoms with Crippen LogP contribution in [0, 0.1) is 0 Å². The van der Waals surface area contributed by atoms with Gasteiger partial charge in [-0.25, -0.2) is 0 Å². The number of carbonyl (C=O) groups is 2. The molecule has 1 aliphatic rings. The van der Waals surface area contributed by atoms with E-state index >= 15 is 0 Å². The van der Waals surface area contributed by atoms with Crippen LogP contribution in [0.1, 0.15) is 49.2 Å². The molecule has 0 bridgehead atoms. The van der Waals surface area contributed by atoms with Gasteiger partial charge in [0.2, 0.25) is 5.91 Å². The van der Waals surface area contributed by atoms with Crippen molar-refractivity contribution in [3.8, 4) is 11.1 Å². The molecule has 2 amide bonds. The Bertz CT molecular complexity index is 1210. The van der Waals surface area contributed by atoms with Gasteiger partial charge >= 0.3 is 0 Å². The van der Waals surface area contributed by atoms with E-state index < -0.39 is 6.10 Å². The summed E-state index contributed by atoms with van der Waals surface area (Å²) in [5, 5.41) is 16.4. The van der Waals surface area contributed by atoms with E-state index in [1.165, 1.54) is 0 Å². The molecule has 0 radical (unpaired) electrons. The average Bonchev–Trinajstić information content (AvgIpc) is 2.83. The summed E-state index contributed by atoms with van der Waals surface area (Å²) in [5.41, 5.74) is 5.42. The summed E-state index contributed by atoms with van der Waals surface area (Å²) in [5.74, 6) is -0.204. The Kier molecular flexibility index (Phi) is 7.43. The summed E-state index contributed by atoms with van der Waals surface area (Å²) >= 11 is 6.06. The van der Waals surface area contributed by atoms with E-state index in [0.717, 1.165) is 34.5 Å². The highest BCUT2D eigenvalue weighted by atomic mass is 35.5. The smallest absolute Gasteiger partial charge is 0.251 e. The van der Waals surface area contributed by atoms with Crippen molar-refractivity contribution in [2.75, 3.05) is 16.8 Å². The number of amides is 2. The van der Waals surface area contributed by atoms with Gasteiger partial charge in [0.15, 0.2) is 0 Å². The van der Waals surface area contributed by atoms with Crippen LogP contribution in [-0.4, -0.2) is 35.6 Å². The first-order valence-corrected chi connectivity index (χ1v) is 12.1. The molecule has 3 aromatic carbocycles. The van der Waals surface area contributed by atoms with Crippen molar-refractivity contribution in [1.82, 2.24) is 5.32 Å². The molecule has 0 aromatic heterocycles. The van der Waals surface area contributed by atoms with Crippen LogP contribution < -0.4 is 15.5 Å². The minimum Gasteiger partial charge on any atom is -0.392 e. The fourth-order valence-electron chi connectivity index (χ4n) is 4.56. The lowest BCUT2D eigenvalue weighted by Crippen LogP contribution is -2.43. The number of anilines is 2. The van der Waals surface area contributed by atoms with Gasteiger partial charge < -0.3 is 20.6 Å². The number of aliphatic hydroxyl groups is 1. The number of rotatable bonds is 6. The molecular weight excluding hydrogens is 462 g/mol. The summed E-state index contributed by atoms with van der Waals surface area (Å²) in [6.07, 6.45) is 0.168. The summed E-state index contributed by atoms with van der Waals surface area (Å²) in [6.45, 7) is 5.50. The largest absolute Gasteiger partial charge is 0.392 e. The molecule has 0 unspecified atom stereocenters. The first-order chi connectivity index (χ1) is 16.7. The maximum absolute atomic E-state index is 12.5. The molecule has 0 spiro atoms. The lowest BCUT2D eigenvalue weighted by molar-refractivity contribution is -0.117. The first kappa shape index (κ1) is 24.8. The lowest BCUT2D eigenvalue weighted by atomic mass is 9.88. The Balaban J connectivity index is 1.65. The molecule has 4 rings (SSSR count). The Morgan fingerprint density at radius 3 is 2.34 bits per heavy atom. The zero-order valence-electron chi connectivity index (χ0n) is 20.1. The van der Waals surface area contributed by atoms with Crippen LogP contribution in [0.15, 0.2) is 66.7 Å². The van der Waals surface area contributed by atoms with Crippen LogP contribution in [0.3, 0.4) is 0 Å². The van der Waals surface area contributed by atoms with Crippen LogP contribution in [0.2, 0.25) is 5.02 Å². The van der Waals surface area contributed by atoms with Crippen LogP contribution in [0.4, 0.5) is 11.4 Å². The normalized spacial score (nSPS) is 17.9. The van der Waals surface area contributed by atoms with E-state index in [-0.39, 0.29) is 30.4 Å². The molecule has 3 aromatic rings. The number of hydrogen-bond donors (Lipinski definition) is 3. The summed E-state index contributed by atoms with van der Waals surface area (Å²) in [7, 11) is 0. The Morgan fingerprint density at radius 2 is 1.71 bits per heavy atom. The van der Waals surface area contributed by atoms with Gasteiger partial charge in [0.25, 0.3) is 5.91 Å². The molecule has 35 heavy (non-hydrogen) atoms. The van der Waals surface area contributed by atoms with E-state index in [4.69, 9.17) is 11.6 Å². The molecule has 3 atom stereocenters. The van der Waals surface area contributed by atoms with Crippen molar-refractivity contribution in [3.63, 3.8) is 0 Å². The third kappa shape index (κ3) is 5.66. The van der Waals surface area contributed by atoms with E-state index in [1.807, 2.05) is 53.4 Å². The summed E-state index contributed by atoms with van der Waals surface area (Å²) in [4.78, 5) is 26.6.